The number of ether oxygens (including phenoxy) is 2. The fourth-order valence-electron chi connectivity index (χ4n) is 2.45. The number of benzene rings is 2. The molecule has 24 heavy (non-hydrogen) atoms. The van der Waals surface area contributed by atoms with Crippen molar-refractivity contribution in [1.29, 1.82) is 0 Å². The van der Waals surface area contributed by atoms with Gasteiger partial charge in [-0.3, -0.25) is 4.79 Å². The number of carbonyl (C=O) groups is 1. The number of methoxy groups -OCH3 is 2. The molecule has 0 saturated carbocycles. The Bertz CT molecular complexity index is 917. The van der Waals surface area contributed by atoms with Crippen LogP contribution < -0.4 is 14.8 Å². The highest BCUT2D eigenvalue weighted by Crippen LogP contribution is 2.31. The topological polar surface area (TPSA) is 60.7 Å². The van der Waals surface area contributed by atoms with Gasteiger partial charge in [-0.05, 0) is 37.3 Å². The molecule has 1 amide bonds. The Hall–Kier alpha value is -2.66. The predicted molar refractivity (Wildman–Crippen MR) is 93.5 cm³/mol. The van der Waals surface area contributed by atoms with Gasteiger partial charge in [0.15, 0.2) is 5.76 Å². The van der Waals surface area contributed by atoms with Crippen molar-refractivity contribution in [2.75, 3.05) is 19.5 Å². The summed E-state index contributed by atoms with van der Waals surface area (Å²) in [7, 11) is 3.14. The highest BCUT2D eigenvalue weighted by molar-refractivity contribution is 6.34. The van der Waals surface area contributed by atoms with Crippen molar-refractivity contribution in [3.05, 3.63) is 52.7 Å². The first-order valence-corrected chi connectivity index (χ1v) is 7.63. The molecule has 0 bridgehead atoms. The number of amides is 1. The summed E-state index contributed by atoms with van der Waals surface area (Å²) < 4.78 is 16.0. The fourth-order valence-corrected chi connectivity index (χ4v) is 2.66. The number of furan rings is 1. The van der Waals surface area contributed by atoms with E-state index in [0.717, 1.165) is 10.9 Å². The van der Waals surface area contributed by atoms with Crippen molar-refractivity contribution in [2.24, 2.45) is 0 Å². The molecule has 1 N–H and O–H groups in total. The molecule has 6 heteroatoms. The summed E-state index contributed by atoms with van der Waals surface area (Å²) in [5.74, 6) is 1.20. The van der Waals surface area contributed by atoms with E-state index in [2.05, 4.69) is 5.32 Å². The highest BCUT2D eigenvalue weighted by Gasteiger charge is 2.19. The highest BCUT2D eigenvalue weighted by atomic mass is 35.5. The third-order valence-corrected chi connectivity index (χ3v) is 4.09. The summed E-state index contributed by atoms with van der Waals surface area (Å²) in [6.07, 6.45) is 0. The van der Waals surface area contributed by atoms with Gasteiger partial charge in [0.25, 0.3) is 5.91 Å². The lowest BCUT2D eigenvalue weighted by atomic mass is 10.1. The first-order chi connectivity index (χ1) is 11.5. The van der Waals surface area contributed by atoms with E-state index in [0.29, 0.717) is 27.8 Å². The van der Waals surface area contributed by atoms with Crippen LogP contribution in [0, 0.1) is 6.92 Å². The molecule has 0 aliphatic carbocycles. The lowest BCUT2D eigenvalue weighted by molar-refractivity contribution is 0.0998. The van der Waals surface area contributed by atoms with Gasteiger partial charge in [-0.15, -0.1) is 0 Å². The number of fused-ring (bicyclic) bond motifs is 1. The van der Waals surface area contributed by atoms with Gasteiger partial charge >= 0.3 is 0 Å². The Labute approximate surface area is 144 Å². The van der Waals surface area contributed by atoms with Gasteiger partial charge in [0.2, 0.25) is 0 Å². The Balaban J connectivity index is 1.93. The maximum Gasteiger partial charge on any atom is 0.291 e. The molecule has 0 fully saturated rings. The summed E-state index contributed by atoms with van der Waals surface area (Å²) in [4.78, 5) is 12.5. The van der Waals surface area contributed by atoms with Crippen LogP contribution in [-0.2, 0) is 0 Å². The fraction of sp³-hybridized carbons (Fsp3) is 0.167. The minimum absolute atomic E-state index is 0.241. The number of rotatable bonds is 4. The first-order valence-electron chi connectivity index (χ1n) is 7.25. The smallest absolute Gasteiger partial charge is 0.291 e. The van der Waals surface area contributed by atoms with E-state index in [9.17, 15) is 4.79 Å². The van der Waals surface area contributed by atoms with Crippen molar-refractivity contribution in [3.8, 4) is 11.5 Å². The molecule has 0 radical (unpaired) electrons. The maximum absolute atomic E-state index is 12.5. The molecule has 5 nitrogen and oxygen atoms in total. The van der Waals surface area contributed by atoms with Crippen LogP contribution in [0.5, 0.6) is 11.5 Å². The number of carbonyl (C=O) groups excluding carboxylic acids is 1. The zero-order valence-electron chi connectivity index (χ0n) is 13.5. The second-order valence-corrected chi connectivity index (χ2v) is 5.63. The van der Waals surface area contributed by atoms with E-state index in [1.165, 1.54) is 0 Å². The minimum atomic E-state index is -0.366. The third kappa shape index (κ3) is 2.90. The molecular weight excluding hydrogens is 330 g/mol. The van der Waals surface area contributed by atoms with Gasteiger partial charge in [0, 0.05) is 17.0 Å². The quantitative estimate of drug-likeness (QED) is 0.746. The van der Waals surface area contributed by atoms with E-state index in [-0.39, 0.29) is 11.7 Å². The second kappa shape index (κ2) is 6.45. The molecule has 1 heterocycles. The summed E-state index contributed by atoms with van der Waals surface area (Å²) >= 11 is 6.16. The van der Waals surface area contributed by atoms with Gasteiger partial charge < -0.3 is 19.2 Å². The van der Waals surface area contributed by atoms with E-state index < -0.39 is 0 Å². The molecular formula is C18H16ClNO4. The van der Waals surface area contributed by atoms with Gasteiger partial charge in [-0.25, -0.2) is 0 Å². The van der Waals surface area contributed by atoms with Crippen molar-refractivity contribution >= 4 is 34.2 Å². The maximum atomic E-state index is 12.5. The molecule has 124 valence electrons. The lowest BCUT2D eigenvalue weighted by Gasteiger charge is -2.07. The molecule has 3 aromatic rings. The van der Waals surface area contributed by atoms with Gasteiger partial charge in [-0.2, -0.15) is 0 Å². The molecule has 0 atom stereocenters. The lowest BCUT2D eigenvalue weighted by Crippen LogP contribution is -2.12. The van der Waals surface area contributed by atoms with Crippen LogP contribution in [-0.4, -0.2) is 20.1 Å². The van der Waals surface area contributed by atoms with E-state index in [1.807, 2.05) is 13.0 Å². The number of anilines is 1. The zero-order valence-corrected chi connectivity index (χ0v) is 14.2. The predicted octanol–water partition coefficient (Wildman–Crippen LogP) is 4.66. The summed E-state index contributed by atoms with van der Waals surface area (Å²) in [6, 6.07) is 10.4. The standard InChI is InChI=1S/C18H16ClNO4/c1-10-13-8-11(22-2)5-7-16(13)24-17(10)18(21)20-15-6-4-12(23-3)9-14(15)19/h4-9H,1-3H3,(H,20,21). The van der Waals surface area contributed by atoms with Crippen molar-refractivity contribution < 1.29 is 18.7 Å². The normalized spacial score (nSPS) is 10.7. The van der Waals surface area contributed by atoms with Gasteiger partial charge in [-0.1, -0.05) is 11.6 Å². The average Bonchev–Trinajstić information content (AvgIpc) is 2.93. The van der Waals surface area contributed by atoms with Crippen LogP contribution >= 0.6 is 11.6 Å². The van der Waals surface area contributed by atoms with E-state index in [4.69, 9.17) is 25.5 Å². The molecule has 1 aromatic heterocycles. The molecule has 0 unspecified atom stereocenters. The minimum Gasteiger partial charge on any atom is -0.497 e. The SMILES string of the molecule is COc1ccc(NC(=O)c2oc3ccc(OC)cc3c2C)c(Cl)c1. The van der Waals surface area contributed by atoms with Crippen molar-refractivity contribution in [1.82, 2.24) is 0 Å². The molecule has 0 aliphatic rings. The molecule has 0 spiro atoms. The Morgan fingerprint density at radius 3 is 2.42 bits per heavy atom. The van der Waals surface area contributed by atoms with Crippen LogP contribution in [0.15, 0.2) is 40.8 Å². The third-order valence-electron chi connectivity index (χ3n) is 3.77. The van der Waals surface area contributed by atoms with Crippen LogP contribution in [0.3, 0.4) is 0 Å². The number of aryl methyl sites for hydroxylation is 1. The number of hydrogen-bond donors (Lipinski definition) is 1. The van der Waals surface area contributed by atoms with E-state index >= 15 is 0 Å². The van der Waals surface area contributed by atoms with Crippen LogP contribution in [0.4, 0.5) is 5.69 Å². The zero-order chi connectivity index (χ0) is 17.3. The Morgan fingerprint density at radius 1 is 1.08 bits per heavy atom. The number of halogens is 1. The molecule has 3 rings (SSSR count). The van der Waals surface area contributed by atoms with Crippen molar-refractivity contribution in [3.63, 3.8) is 0 Å². The number of hydrogen-bond acceptors (Lipinski definition) is 4. The molecule has 2 aromatic carbocycles. The average molecular weight is 346 g/mol. The van der Waals surface area contributed by atoms with Gasteiger partial charge in [0.05, 0.1) is 24.9 Å². The molecule has 0 saturated heterocycles. The summed E-state index contributed by atoms with van der Waals surface area (Å²) in [5.41, 5.74) is 1.85. The summed E-state index contributed by atoms with van der Waals surface area (Å²) in [6.45, 7) is 1.83. The molecule has 0 aliphatic heterocycles. The van der Waals surface area contributed by atoms with Crippen LogP contribution in [0.25, 0.3) is 11.0 Å². The summed E-state index contributed by atoms with van der Waals surface area (Å²) in [5, 5.41) is 3.98. The van der Waals surface area contributed by atoms with Crippen molar-refractivity contribution in [2.45, 2.75) is 6.92 Å². The van der Waals surface area contributed by atoms with E-state index in [1.54, 1.807) is 44.6 Å². The monoisotopic (exact) mass is 345 g/mol. The first kappa shape index (κ1) is 16.2. The number of nitrogens with one attached hydrogen (secondary N) is 1. The van der Waals surface area contributed by atoms with Crippen LogP contribution in [0.2, 0.25) is 5.02 Å². The van der Waals surface area contributed by atoms with Crippen LogP contribution in [0.1, 0.15) is 16.1 Å². The Morgan fingerprint density at radius 2 is 1.75 bits per heavy atom. The largest absolute Gasteiger partial charge is 0.497 e. The Kier molecular flexibility index (Phi) is 4.36. The second-order valence-electron chi connectivity index (χ2n) is 5.22. The van der Waals surface area contributed by atoms with Gasteiger partial charge in [0.1, 0.15) is 17.1 Å².